The minimum atomic E-state index is -0.0507. The minimum Gasteiger partial charge on any atom is -0.496 e. The number of hydrogen-bond acceptors (Lipinski definition) is 7. The summed E-state index contributed by atoms with van der Waals surface area (Å²) in [6.45, 7) is 12.3. The van der Waals surface area contributed by atoms with E-state index in [9.17, 15) is 0 Å². The molecule has 3 heterocycles. The van der Waals surface area contributed by atoms with E-state index >= 15 is 0 Å². The largest absolute Gasteiger partial charge is 0.496 e. The fourth-order valence-corrected chi connectivity index (χ4v) is 8.31. The summed E-state index contributed by atoms with van der Waals surface area (Å²) >= 11 is 5.44. The van der Waals surface area contributed by atoms with Crippen molar-refractivity contribution in [2.24, 2.45) is 0 Å². The Morgan fingerprint density at radius 1 is 0.824 bits per heavy atom. The quantitative estimate of drug-likeness (QED) is 0.208. The third-order valence-electron chi connectivity index (χ3n) is 5.46. The van der Waals surface area contributed by atoms with Gasteiger partial charge in [0.2, 0.25) is 0 Å². The van der Waals surface area contributed by atoms with Crippen LogP contribution >= 0.6 is 34.0 Å². The van der Waals surface area contributed by atoms with Gasteiger partial charge in [0, 0.05) is 31.8 Å². The molecule has 1 unspecified atom stereocenters. The fourth-order valence-electron chi connectivity index (χ4n) is 4.06. The van der Waals surface area contributed by atoms with Gasteiger partial charge in [-0.05, 0) is 65.8 Å². The Morgan fingerprint density at radius 3 is 2.15 bits per heavy atom. The summed E-state index contributed by atoms with van der Waals surface area (Å²) in [5.74, 6) is 2.61. The molecular formula is C27H32O4S3. The van der Waals surface area contributed by atoms with Crippen LogP contribution in [0.25, 0.3) is 34.8 Å². The highest BCUT2D eigenvalue weighted by Gasteiger charge is 2.23. The van der Waals surface area contributed by atoms with Crippen LogP contribution in [0, 0.1) is 0 Å². The maximum Gasteiger partial charge on any atom is 0.132 e. The SMILES string of the molecule is COc1cccc(OC(C)C)c1-c1cc2sc3cc(C(=C(C)OC(C)C)C(C)OC)sc3c2s1. The summed E-state index contributed by atoms with van der Waals surface area (Å²) < 4.78 is 28.8. The Morgan fingerprint density at radius 2 is 1.50 bits per heavy atom. The number of thiophene rings is 3. The van der Waals surface area contributed by atoms with Crippen molar-refractivity contribution in [3.8, 4) is 21.9 Å². The molecule has 182 valence electrons. The molecule has 0 fully saturated rings. The van der Waals surface area contributed by atoms with Gasteiger partial charge in [-0.3, -0.25) is 0 Å². The number of benzene rings is 1. The van der Waals surface area contributed by atoms with E-state index in [-0.39, 0.29) is 18.3 Å². The van der Waals surface area contributed by atoms with E-state index in [1.54, 1.807) is 25.6 Å². The highest BCUT2D eigenvalue weighted by atomic mass is 32.1. The summed E-state index contributed by atoms with van der Waals surface area (Å²) in [4.78, 5) is 2.36. The second-order valence-electron chi connectivity index (χ2n) is 8.72. The van der Waals surface area contributed by atoms with Crippen LogP contribution in [0.3, 0.4) is 0 Å². The van der Waals surface area contributed by atoms with Crippen molar-refractivity contribution < 1.29 is 18.9 Å². The van der Waals surface area contributed by atoms with Crippen molar-refractivity contribution in [3.05, 3.63) is 41.0 Å². The average molecular weight is 517 g/mol. The molecule has 4 rings (SSSR count). The highest BCUT2D eigenvalue weighted by Crippen LogP contribution is 2.50. The predicted octanol–water partition coefficient (Wildman–Crippen LogP) is 8.83. The highest BCUT2D eigenvalue weighted by molar-refractivity contribution is 7.39. The Hall–Kier alpha value is -2.06. The average Bonchev–Trinajstić information content (AvgIpc) is 3.43. The lowest BCUT2D eigenvalue weighted by Gasteiger charge is -2.19. The van der Waals surface area contributed by atoms with E-state index in [2.05, 4.69) is 32.9 Å². The molecule has 0 spiro atoms. The molecule has 7 heteroatoms. The zero-order valence-electron chi connectivity index (χ0n) is 21.0. The molecule has 0 saturated heterocycles. The molecule has 0 aliphatic carbocycles. The molecule has 0 N–H and O–H groups in total. The Kier molecular flexibility index (Phi) is 7.57. The van der Waals surface area contributed by atoms with Crippen LogP contribution in [0.5, 0.6) is 11.5 Å². The van der Waals surface area contributed by atoms with Gasteiger partial charge in [0.1, 0.15) is 17.3 Å². The molecule has 0 aliphatic rings. The summed E-state index contributed by atoms with van der Waals surface area (Å²) in [6, 6.07) is 10.5. The van der Waals surface area contributed by atoms with Gasteiger partial charge in [0.15, 0.2) is 0 Å². The van der Waals surface area contributed by atoms with Gasteiger partial charge in [-0.15, -0.1) is 34.0 Å². The molecule has 0 radical (unpaired) electrons. The van der Waals surface area contributed by atoms with E-state index in [1.807, 2.05) is 61.6 Å². The number of rotatable bonds is 9. The smallest absolute Gasteiger partial charge is 0.132 e. The summed E-state index contributed by atoms with van der Waals surface area (Å²) in [6.07, 6.45) is 0.155. The Bertz CT molecular complexity index is 1320. The normalized spacial score (nSPS) is 13.7. The van der Waals surface area contributed by atoms with Gasteiger partial charge in [0.25, 0.3) is 0 Å². The minimum absolute atomic E-state index is 0.0507. The first kappa shape index (κ1) is 25.0. The van der Waals surface area contributed by atoms with Crippen molar-refractivity contribution >= 4 is 58.4 Å². The monoisotopic (exact) mass is 516 g/mol. The zero-order chi connectivity index (χ0) is 24.6. The van der Waals surface area contributed by atoms with Crippen LogP contribution in [-0.2, 0) is 9.47 Å². The van der Waals surface area contributed by atoms with Crippen LogP contribution in [0.2, 0.25) is 0 Å². The molecule has 34 heavy (non-hydrogen) atoms. The summed E-state index contributed by atoms with van der Waals surface area (Å²) in [7, 11) is 3.46. The van der Waals surface area contributed by atoms with Crippen molar-refractivity contribution in [1.29, 1.82) is 0 Å². The molecular weight excluding hydrogens is 484 g/mol. The third-order valence-corrected chi connectivity index (χ3v) is 9.28. The standard InChI is InChI=1S/C27H32O4S3/c1-14(2)30-17(6)24(16(5)28-7)20-12-22-26(33-20)27-23(32-22)13-21(34-27)25-18(29-8)10-9-11-19(25)31-15(3)4/h9-16H,1-8H3. The van der Waals surface area contributed by atoms with Gasteiger partial charge >= 0.3 is 0 Å². The predicted molar refractivity (Wildman–Crippen MR) is 148 cm³/mol. The second-order valence-corrected chi connectivity index (χ2v) is 11.9. The van der Waals surface area contributed by atoms with Crippen molar-refractivity contribution in [3.63, 3.8) is 0 Å². The Balaban J connectivity index is 1.84. The van der Waals surface area contributed by atoms with Crippen molar-refractivity contribution in [1.82, 2.24) is 0 Å². The van der Waals surface area contributed by atoms with E-state index in [4.69, 9.17) is 18.9 Å². The lowest BCUT2D eigenvalue weighted by atomic mass is 10.1. The molecule has 0 bridgehead atoms. The van der Waals surface area contributed by atoms with Gasteiger partial charge < -0.3 is 18.9 Å². The van der Waals surface area contributed by atoms with Gasteiger partial charge in [-0.2, -0.15) is 0 Å². The maximum absolute atomic E-state index is 6.13. The molecule has 1 atom stereocenters. The first-order valence-electron chi connectivity index (χ1n) is 11.4. The van der Waals surface area contributed by atoms with Crippen LogP contribution in [0.15, 0.2) is 36.1 Å². The van der Waals surface area contributed by atoms with E-state index in [0.717, 1.165) is 33.3 Å². The van der Waals surface area contributed by atoms with Crippen molar-refractivity contribution in [2.75, 3.05) is 14.2 Å². The topological polar surface area (TPSA) is 36.9 Å². The van der Waals surface area contributed by atoms with Crippen molar-refractivity contribution in [2.45, 2.75) is 59.9 Å². The van der Waals surface area contributed by atoms with Crippen LogP contribution in [0.4, 0.5) is 0 Å². The summed E-state index contributed by atoms with van der Waals surface area (Å²) in [5, 5.41) is 0. The van der Waals surface area contributed by atoms with Gasteiger partial charge in [-0.25, -0.2) is 0 Å². The fraction of sp³-hybridized carbons (Fsp3) is 0.407. The zero-order valence-corrected chi connectivity index (χ0v) is 23.4. The van der Waals surface area contributed by atoms with Crippen LogP contribution in [-0.4, -0.2) is 32.5 Å². The molecule has 0 saturated carbocycles. The molecule has 4 aromatic rings. The first-order chi connectivity index (χ1) is 16.2. The van der Waals surface area contributed by atoms with Crippen LogP contribution in [0.1, 0.15) is 46.4 Å². The maximum atomic E-state index is 6.13. The number of fused-ring (bicyclic) bond motifs is 3. The Labute approximate surface area is 213 Å². The molecule has 3 aromatic heterocycles. The second kappa shape index (κ2) is 10.3. The number of hydrogen-bond donors (Lipinski definition) is 0. The van der Waals surface area contributed by atoms with E-state index in [1.165, 1.54) is 23.7 Å². The molecule has 0 amide bonds. The first-order valence-corrected chi connectivity index (χ1v) is 13.9. The van der Waals surface area contributed by atoms with Gasteiger partial charge in [-0.1, -0.05) is 6.07 Å². The number of ether oxygens (including phenoxy) is 4. The van der Waals surface area contributed by atoms with E-state index in [0.29, 0.717) is 0 Å². The van der Waals surface area contributed by atoms with Crippen LogP contribution < -0.4 is 9.47 Å². The molecule has 1 aromatic carbocycles. The molecule has 0 aliphatic heterocycles. The number of methoxy groups -OCH3 is 2. The molecule has 4 nitrogen and oxygen atoms in total. The summed E-state index contributed by atoms with van der Waals surface area (Å²) in [5.41, 5.74) is 2.14. The lowest BCUT2D eigenvalue weighted by Crippen LogP contribution is -2.12. The third kappa shape index (κ3) is 4.85. The lowest BCUT2D eigenvalue weighted by molar-refractivity contribution is 0.134. The van der Waals surface area contributed by atoms with Gasteiger partial charge in [0.05, 0.1) is 40.4 Å². The number of allylic oxidation sites excluding steroid dienone is 1. The van der Waals surface area contributed by atoms with E-state index < -0.39 is 0 Å².